The molecule has 0 spiro atoms. The fourth-order valence-electron chi connectivity index (χ4n) is 2.93. The second kappa shape index (κ2) is 5.24. The highest BCUT2D eigenvalue weighted by molar-refractivity contribution is 6.06. The van der Waals surface area contributed by atoms with Gasteiger partial charge < -0.3 is 5.11 Å². The molecule has 2 heteroatoms. The third-order valence-corrected chi connectivity index (χ3v) is 4.01. The number of benzene rings is 3. The highest BCUT2D eigenvalue weighted by Crippen LogP contribution is 2.31. The molecule has 1 heterocycles. The largest absolute Gasteiger partial charge is 0.382 e. The van der Waals surface area contributed by atoms with E-state index in [9.17, 15) is 5.11 Å². The first kappa shape index (κ1) is 13.0. The number of hydrogen-bond acceptors (Lipinski definition) is 2. The van der Waals surface area contributed by atoms with Gasteiger partial charge in [0.2, 0.25) is 0 Å². The first-order chi connectivity index (χ1) is 10.8. The third kappa shape index (κ3) is 2.05. The van der Waals surface area contributed by atoms with Crippen LogP contribution in [0.15, 0.2) is 78.9 Å². The van der Waals surface area contributed by atoms with Gasteiger partial charge in [-0.05, 0) is 17.0 Å². The van der Waals surface area contributed by atoms with E-state index in [1.165, 1.54) is 0 Å². The Morgan fingerprint density at radius 3 is 2.00 bits per heavy atom. The summed E-state index contributed by atoms with van der Waals surface area (Å²) in [6, 6.07) is 25.8. The lowest BCUT2D eigenvalue weighted by molar-refractivity contribution is 0.217. The summed E-state index contributed by atoms with van der Waals surface area (Å²) in [6.07, 6.45) is -0.726. The van der Waals surface area contributed by atoms with Crippen LogP contribution in [0, 0.1) is 0 Å². The standard InChI is InChI=1S/C20H15NO/c22-20(14-8-2-1-3-9-14)19-17-12-5-4-10-15(17)16-11-6-7-13-18(16)21-19/h1-13,20,22H. The van der Waals surface area contributed by atoms with Crippen LogP contribution in [-0.2, 0) is 0 Å². The summed E-state index contributed by atoms with van der Waals surface area (Å²) in [6.45, 7) is 0. The summed E-state index contributed by atoms with van der Waals surface area (Å²) < 4.78 is 0. The van der Waals surface area contributed by atoms with Crippen molar-refractivity contribution in [1.29, 1.82) is 0 Å². The second-order valence-electron chi connectivity index (χ2n) is 5.37. The van der Waals surface area contributed by atoms with Crippen LogP contribution < -0.4 is 0 Å². The van der Waals surface area contributed by atoms with E-state index in [4.69, 9.17) is 4.98 Å². The minimum absolute atomic E-state index is 0.709. The summed E-state index contributed by atoms with van der Waals surface area (Å²) in [5, 5.41) is 14.0. The van der Waals surface area contributed by atoms with Gasteiger partial charge in [0.25, 0.3) is 0 Å². The van der Waals surface area contributed by atoms with Crippen molar-refractivity contribution in [2.75, 3.05) is 0 Å². The van der Waals surface area contributed by atoms with Gasteiger partial charge in [-0.3, -0.25) is 0 Å². The predicted molar refractivity (Wildman–Crippen MR) is 89.8 cm³/mol. The van der Waals surface area contributed by atoms with Crippen molar-refractivity contribution in [3.63, 3.8) is 0 Å². The maximum Gasteiger partial charge on any atom is 0.122 e. The smallest absolute Gasteiger partial charge is 0.122 e. The Kier molecular flexibility index (Phi) is 3.10. The molecule has 1 atom stereocenters. The number of para-hydroxylation sites is 1. The van der Waals surface area contributed by atoms with Crippen molar-refractivity contribution in [2.24, 2.45) is 0 Å². The summed E-state index contributed by atoms with van der Waals surface area (Å²) in [5.74, 6) is 0. The van der Waals surface area contributed by atoms with Gasteiger partial charge in [0.1, 0.15) is 6.10 Å². The molecule has 106 valence electrons. The molecule has 1 unspecified atom stereocenters. The van der Waals surface area contributed by atoms with Crippen molar-refractivity contribution >= 4 is 21.7 Å². The van der Waals surface area contributed by atoms with Gasteiger partial charge >= 0.3 is 0 Å². The number of pyridine rings is 1. The molecule has 0 saturated heterocycles. The molecule has 0 saturated carbocycles. The van der Waals surface area contributed by atoms with Crippen LogP contribution in [0.1, 0.15) is 17.4 Å². The maximum atomic E-state index is 10.8. The average Bonchev–Trinajstić information content (AvgIpc) is 2.61. The van der Waals surface area contributed by atoms with E-state index in [1.807, 2.05) is 66.7 Å². The zero-order chi connectivity index (χ0) is 14.9. The lowest BCUT2D eigenvalue weighted by atomic mass is 9.98. The third-order valence-electron chi connectivity index (χ3n) is 4.01. The van der Waals surface area contributed by atoms with Crippen LogP contribution in [0.4, 0.5) is 0 Å². The molecule has 0 aliphatic heterocycles. The minimum atomic E-state index is -0.726. The number of nitrogens with zero attached hydrogens (tertiary/aromatic N) is 1. The molecular formula is C20H15NO. The first-order valence-electron chi connectivity index (χ1n) is 7.35. The molecule has 22 heavy (non-hydrogen) atoms. The maximum absolute atomic E-state index is 10.8. The van der Waals surface area contributed by atoms with E-state index in [1.54, 1.807) is 0 Å². The Hall–Kier alpha value is -2.71. The fraction of sp³-hybridized carbons (Fsp3) is 0.0500. The van der Waals surface area contributed by atoms with Crippen molar-refractivity contribution < 1.29 is 5.11 Å². The molecule has 1 aromatic heterocycles. The summed E-state index contributed by atoms with van der Waals surface area (Å²) in [7, 11) is 0. The van der Waals surface area contributed by atoms with Crippen molar-refractivity contribution in [3.05, 3.63) is 90.1 Å². The van der Waals surface area contributed by atoms with Gasteiger partial charge in [0.15, 0.2) is 0 Å². The highest BCUT2D eigenvalue weighted by atomic mass is 16.3. The Bertz CT molecular complexity index is 947. The molecule has 0 aliphatic carbocycles. The molecule has 1 N–H and O–H groups in total. The molecule has 3 aromatic carbocycles. The molecule has 2 nitrogen and oxygen atoms in total. The molecule has 0 radical (unpaired) electrons. The predicted octanol–water partition coefficient (Wildman–Crippen LogP) is 4.47. The number of rotatable bonds is 2. The number of hydrogen-bond donors (Lipinski definition) is 1. The molecule has 0 amide bonds. The van der Waals surface area contributed by atoms with Gasteiger partial charge in [0.05, 0.1) is 11.2 Å². The van der Waals surface area contributed by atoms with E-state index in [2.05, 4.69) is 12.1 Å². The number of aromatic nitrogens is 1. The Morgan fingerprint density at radius 1 is 0.636 bits per heavy atom. The molecule has 4 aromatic rings. The van der Waals surface area contributed by atoms with Gasteiger partial charge in [-0.25, -0.2) is 4.98 Å². The lowest BCUT2D eigenvalue weighted by Crippen LogP contribution is -2.03. The van der Waals surface area contributed by atoms with Crippen molar-refractivity contribution in [2.45, 2.75) is 6.10 Å². The van der Waals surface area contributed by atoms with E-state index in [0.717, 1.165) is 27.2 Å². The van der Waals surface area contributed by atoms with E-state index in [-0.39, 0.29) is 0 Å². The van der Waals surface area contributed by atoms with Gasteiger partial charge in [-0.1, -0.05) is 72.8 Å². The number of fused-ring (bicyclic) bond motifs is 3. The molecule has 0 aliphatic rings. The zero-order valence-electron chi connectivity index (χ0n) is 12.0. The summed E-state index contributed by atoms with van der Waals surface area (Å²) in [5.41, 5.74) is 2.47. The summed E-state index contributed by atoms with van der Waals surface area (Å²) in [4.78, 5) is 4.73. The molecule has 0 fully saturated rings. The first-order valence-corrected chi connectivity index (χ1v) is 7.35. The van der Waals surface area contributed by atoms with Crippen LogP contribution in [0.3, 0.4) is 0 Å². The quantitative estimate of drug-likeness (QED) is 0.551. The zero-order valence-corrected chi connectivity index (χ0v) is 12.0. The van der Waals surface area contributed by atoms with Crippen LogP contribution in [0.2, 0.25) is 0 Å². The van der Waals surface area contributed by atoms with E-state index < -0.39 is 6.10 Å². The highest BCUT2D eigenvalue weighted by Gasteiger charge is 2.16. The topological polar surface area (TPSA) is 33.1 Å². The van der Waals surface area contributed by atoms with Crippen LogP contribution in [0.5, 0.6) is 0 Å². The van der Waals surface area contributed by atoms with Crippen molar-refractivity contribution in [1.82, 2.24) is 4.98 Å². The van der Waals surface area contributed by atoms with Gasteiger partial charge in [-0.15, -0.1) is 0 Å². The van der Waals surface area contributed by atoms with E-state index in [0.29, 0.717) is 5.69 Å². The Balaban J connectivity index is 2.04. The molecule has 0 bridgehead atoms. The molecular weight excluding hydrogens is 270 g/mol. The minimum Gasteiger partial charge on any atom is -0.382 e. The number of aliphatic hydroxyl groups excluding tert-OH is 1. The monoisotopic (exact) mass is 285 g/mol. The summed E-state index contributed by atoms with van der Waals surface area (Å²) >= 11 is 0. The van der Waals surface area contributed by atoms with Crippen molar-refractivity contribution in [3.8, 4) is 0 Å². The van der Waals surface area contributed by atoms with Gasteiger partial charge in [0, 0.05) is 10.8 Å². The average molecular weight is 285 g/mol. The lowest BCUT2D eigenvalue weighted by Gasteiger charge is -2.15. The SMILES string of the molecule is OC(c1ccccc1)c1nc2ccccc2c2ccccc12. The Labute approximate surface area is 128 Å². The fourth-order valence-corrected chi connectivity index (χ4v) is 2.93. The van der Waals surface area contributed by atoms with Crippen LogP contribution >= 0.6 is 0 Å². The second-order valence-corrected chi connectivity index (χ2v) is 5.37. The number of aliphatic hydroxyl groups is 1. The van der Waals surface area contributed by atoms with Crippen LogP contribution in [-0.4, -0.2) is 10.1 Å². The molecule has 4 rings (SSSR count). The Morgan fingerprint density at radius 2 is 1.23 bits per heavy atom. The van der Waals surface area contributed by atoms with Crippen LogP contribution in [0.25, 0.3) is 21.7 Å². The van der Waals surface area contributed by atoms with Gasteiger partial charge in [-0.2, -0.15) is 0 Å². The normalized spacial score (nSPS) is 12.6. The van der Waals surface area contributed by atoms with E-state index >= 15 is 0 Å².